The monoisotopic (exact) mass is 616 g/mol. The molecule has 0 unspecified atom stereocenters. The van der Waals surface area contributed by atoms with E-state index < -0.39 is 0 Å². The van der Waals surface area contributed by atoms with Gasteiger partial charge in [0.05, 0.1) is 11.0 Å². The molecule has 4 nitrogen and oxygen atoms in total. The minimum Gasteiger partial charge on any atom is -0.458 e. The summed E-state index contributed by atoms with van der Waals surface area (Å²) >= 11 is 0. The predicted octanol–water partition coefficient (Wildman–Crippen LogP) is 9.29. The smallest absolute Gasteiger partial charge is 0.260 e. The molecule has 2 aliphatic rings. The lowest BCUT2D eigenvalue weighted by Gasteiger charge is -2.33. The molecule has 3 heterocycles. The molecule has 10 rings (SSSR count). The van der Waals surface area contributed by atoms with Crippen molar-refractivity contribution in [3.05, 3.63) is 163 Å². The van der Waals surface area contributed by atoms with Crippen LogP contribution in [-0.2, 0) is 0 Å². The standard InChI is InChI=1S/C43H29BN2O2/c1-28-20-23-39-35(24-28)44-36-27-38-34(26-42(36)48-41-19-11-18-40(47-39)43(41)44)33-22-21-32(25-37(33)46(38)31-16-9-4-10-17-31)45(29-12-5-2-6-13-29)30-14-7-3-8-15-30/h2-27H,1H3. The maximum Gasteiger partial charge on any atom is 0.260 e. The molecule has 0 amide bonds. The Balaban J connectivity index is 1.26. The molecule has 48 heavy (non-hydrogen) atoms. The van der Waals surface area contributed by atoms with Crippen molar-refractivity contribution in [3.8, 4) is 28.7 Å². The average molecular weight is 617 g/mol. The van der Waals surface area contributed by atoms with Crippen LogP contribution in [0.4, 0.5) is 17.1 Å². The zero-order chi connectivity index (χ0) is 31.8. The molecule has 226 valence electrons. The minimum atomic E-state index is -0.00236. The lowest BCUT2D eigenvalue weighted by Crippen LogP contribution is -2.57. The van der Waals surface area contributed by atoms with Crippen molar-refractivity contribution in [3.63, 3.8) is 0 Å². The minimum absolute atomic E-state index is 0.00236. The molecule has 0 spiro atoms. The highest BCUT2D eigenvalue weighted by Crippen LogP contribution is 2.42. The summed E-state index contributed by atoms with van der Waals surface area (Å²) in [6, 6.07) is 55.8. The summed E-state index contributed by atoms with van der Waals surface area (Å²) in [5.41, 5.74) is 11.3. The normalized spacial score (nSPS) is 12.6. The zero-order valence-electron chi connectivity index (χ0n) is 26.3. The van der Waals surface area contributed by atoms with Crippen LogP contribution >= 0.6 is 0 Å². The van der Waals surface area contributed by atoms with E-state index in [1.54, 1.807) is 0 Å². The van der Waals surface area contributed by atoms with Crippen molar-refractivity contribution in [2.45, 2.75) is 6.92 Å². The highest BCUT2D eigenvalue weighted by Gasteiger charge is 2.40. The van der Waals surface area contributed by atoms with E-state index in [1.807, 2.05) is 6.07 Å². The van der Waals surface area contributed by atoms with Crippen LogP contribution in [0.5, 0.6) is 23.0 Å². The van der Waals surface area contributed by atoms with Gasteiger partial charge in [0, 0.05) is 39.0 Å². The van der Waals surface area contributed by atoms with E-state index in [0.29, 0.717) is 0 Å². The Morgan fingerprint density at radius 1 is 0.479 bits per heavy atom. The molecule has 2 aliphatic heterocycles. The number of benzene rings is 7. The largest absolute Gasteiger partial charge is 0.458 e. The van der Waals surface area contributed by atoms with E-state index in [-0.39, 0.29) is 6.71 Å². The Morgan fingerprint density at radius 3 is 1.81 bits per heavy atom. The van der Waals surface area contributed by atoms with Gasteiger partial charge in [-0.3, -0.25) is 0 Å². The van der Waals surface area contributed by atoms with E-state index >= 15 is 0 Å². The van der Waals surface area contributed by atoms with Crippen LogP contribution in [0.3, 0.4) is 0 Å². The third-order valence-electron chi connectivity index (χ3n) is 9.72. The van der Waals surface area contributed by atoms with E-state index in [0.717, 1.165) is 73.1 Å². The molecule has 0 N–H and O–H groups in total. The van der Waals surface area contributed by atoms with E-state index in [1.165, 1.54) is 16.4 Å². The van der Waals surface area contributed by atoms with Gasteiger partial charge in [-0.25, -0.2) is 0 Å². The van der Waals surface area contributed by atoms with E-state index in [2.05, 4.69) is 168 Å². The molecule has 0 saturated carbocycles. The van der Waals surface area contributed by atoms with Gasteiger partial charge in [-0.05, 0) is 96.7 Å². The maximum atomic E-state index is 6.72. The van der Waals surface area contributed by atoms with E-state index in [9.17, 15) is 0 Å². The summed E-state index contributed by atoms with van der Waals surface area (Å²) in [6.45, 7) is 2.14. The van der Waals surface area contributed by atoms with Gasteiger partial charge < -0.3 is 18.9 Å². The third-order valence-corrected chi connectivity index (χ3v) is 9.72. The van der Waals surface area contributed by atoms with Crippen molar-refractivity contribution >= 4 is 62.0 Å². The van der Waals surface area contributed by atoms with Crippen LogP contribution in [-0.4, -0.2) is 11.3 Å². The number of anilines is 3. The fraction of sp³-hybridized carbons (Fsp3) is 0.0233. The van der Waals surface area contributed by atoms with Gasteiger partial charge in [0.1, 0.15) is 23.0 Å². The Hall–Kier alpha value is -6.20. The molecule has 0 saturated heterocycles. The Kier molecular flexibility index (Phi) is 5.85. The third kappa shape index (κ3) is 4.04. The summed E-state index contributed by atoms with van der Waals surface area (Å²) in [7, 11) is 0. The SMILES string of the molecule is Cc1ccc2c(c1)B1c3cc4c(cc3Oc3cccc(c31)O2)c1ccc(N(c2ccccc2)c2ccccc2)cc1n4-c1ccccc1. The molecule has 0 radical (unpaired) electrons. The molecule has 8 aromatic rings. The number of hydrogen-bond donors (Lipinski definition) is 0. The number of para-hydroxylation sites is 3. The number of nitrogens with zero attached hydrogens (tertiary/aromatic N) is 2. The first-order chi connectivity index (χ1) is 23.7. The molecule has 7 aromatic carbocycles. The fourth-order valence-corrected chi connectivity index (χ4v) is 7.65. The van der Waals surface area contributed by atoms with Gasteiger partial charge >= 0.3 is 0 Å². The van der Waals surface area contributed by atoms with Gasteiger partial charge in [-0.15, -0.1) is 0 Å². The first-order valence-corrected chi connectivity index (χ1v) is 16.4. The van der Waals surface area contributed by atoms with Gasteiger partial charge in [0.25, 0.3) is 6.71 Å². The van der Waals surface area contributed by atoms with Crippen LogP contribution in [0, 0.1) is 6.92 Å². The molecule has 5 heteroatoms. The lowest BCUT2D eigenvalue weighted by molar-refractivity contribution is 0.465. The number of aryl methyl sites for hydroxylation is 1. The molecular weight excluding hydrogens is 587 g/mol. The highest BCUT2D eigenvalue weighted by atomic mass is 16.5. The van der Waals surface area contributed by atoms with Crippen LogP contribution in [0.25, 0.3) is 27.5 Å². The lowest BCUT2D eigenvalue weighted by atomic mass is 9.34. The molecular formula is C43H29BN2O2. The number of hydrogen-bond acceptors (Lipinski definition) is 3. The topological polar surface area (TPSA) is 26.6 Å². The Morgan fingerprint density at radius 2 is 1.10 bits per heavy atom. The molecule has 1 aromatic heterocycles. The second kappa shape index (κ2) is 10.4. The highest BCUT2D eigenvalue weighted by molar-refractivity contribution is 6.98. The Labute approximate surface area is 279 Å². The van der Waals surface area contributed by atoms with Crippen molar-refractivity contribution < 1.29 is 9.47 Å². The number of rotatable bonds is 4. The molecule has 0 aliphatic carbocycles. The number of fused-ring (bicyclic) bond motifs is 7. The van der Waals surface area contributed by atoms with Gasteiger partial charge in [-0.2, -0.15) is 0 Å². The van der Waals surface area contributed by atoms with Gasteiger partial charge in [-0.1, -0.05) is 84.4 Å². The first kappa shape index (κ1) is 27.0. The number of aromatic nitrogens is 1. The average Bonchev–Trinajstić information content (AvgIpc) is 3.44. The van der Waals surface area contributed by atoms with Crippen molar-refractivity contribution in [2.75, 3.05) is 4.90 Å². The maximum absolute atomic E-state index is 6.72. The first-order valence-electron chi connectivity index (χ1n) is 16.4. The summed E-state index contributed by atoms with van der Waals surface area (Å²) in [4.78, 5) is 2.32. The van der Waals surface area contributed by atoms with Crippen molar-refractivity contribution in [1.29, 1.82) is 0 Å². The van der Waals surface area contributed by atoms with E-state index in [4.69, 9.17) is 9.47 Å². The molecule has 0 atom stereocenters. The quantitative estimate of drug-likeness (QED) is 0.185. The number of ether oxygens (including phenoxy) is 2. The zero-order valence-corrected chi connectivity index (χ0v) is 26.3. The summed E-state index contributed by atoms with van der Waals surface area (Å²) in [5.74, 6) is 3.50. The predicted molar refractivity (Wildman–Crippen MR) is 198 cm³/mol. The van der Waals surface area contributed by atoms with Crippen LogP contribution in [0.1, 0.15) is 5.56 Å². The second-order valence-corrected chi connectivity index (χ2v) is 12.6. The summed E-state index contributed by atoms with van der Waals surface area (Å²) in [6.07, 6.45) is 0. The molecule has 0 fully saturated rings. The van der Waals surface area contributed by atoms with Gasteiger partial charge in [0.15, 0.2) is 0 Å². The van der Waals surface area contributed by atoms with Crippen LogP contribution < -0.4 is 30.8 Å². The van der Waals surface area contributed by atoms with Crippen molar-refractivity contribution in [1.82, 2.24) is 4.57 Å². The van der Waals surface area contributed by atoms with Crippen LogP contribution in [0.2, 0.25) is 0 Å². The van der Waals surface area contributed by atoms with Crippen LogP contribution in [0.15, 0.2) is 158 Å². The van der Waals surface area contributed by atoms with Crippen molar-refractivity contribution in [2.24, 2.45) is 0 Å². The molecule has 0 bridgehead atoms. The summed E-state index contributed by atoms with van der Waals surface area (Å²) < 4.78 is 15.6. The van der Waals surface area contributed by atoms with Gasteiger partial charge in [0.2, 0.25) is 0 Å². The fourth-order valence-electron chi connectivity index (χ4n) is 7.65. The summed E-state index contributed by atoms with van der Waals surface area (Å²) in [5, 5.41) is 2.33. The second-order valence-electron chi connectivity index (χ2n) is 12.6. The Bertz CT molecular complexity index is 2490.